The highest BCUT2D eigenvalue weighted by Gasteiger charge is 2.24. The maximum absolute atomic E-state index is 12.8. The Bertz CT molecular complexity index is 803. The second-order valence-corrected chi connectivity index (χ2v) is 13.2. The van der Waals surface area contributed by atoms with Crippen LogP contribution >= 0.6 is 7.82 Å². The third kappa shape index (κ3) is 21.3. The molecule has 1 aromatic rings. The van der Waals surface area contributed by atoms with Crippen molar-refractivity contribution < 1.29 is 32.5 Å². The summed E-state index contributed by atoms with van der Waals surface area (Å²) >= 11 is 0. The van der Waals surface area contributed by atoms with Gasteiger partial charge in [0.05, 0.1) is 27.7 Å². The van der Waals surface area contributed by atoms with Gasteiger partial charge in [-0.2, -0.15) is 0 Å². The average molecular weight is 586 g/mol. The molecule has 0 spiro atoms. The molecule has 9 heteroatoms. The number of nitrogens with zero attached hydrogens (tertiary/aromatic N) is 2. The molecule has 0 saturated carbocycles. The molecule has 1 atom stereocenters. The van der Waals surface area contributed by atoms with Crippen molar-refractivity contribution in [1.29, 1.82) is 0 Å². The summed E-state index contributed by atoms with van der Waals surface area (Å²) in [5.74, 6) is 0. The topological polar surface area (TPSA) is 85.3 Å². The molecule has 1 aromatic carbocycles. The van der Waals surface area contributed by atoms with Gasteiger partial charge in [0.15, 0.2) is 0 Å². The van der Waals surface area contributed by atoms with E-state index in [0.29, 0.717) is 17.6 Å². The Morgan fingerprint density at radius 1 is 0.775 bits per heavy atom. The van der Waals surface area contributed by atoms with E-state index in [9.17, 15) is 14.3 Å². The van der Waals surface area contributed by atoms with Gasteiger partial charge in [-0.05, 0) is 12.0 Å². The molecule has 1 N–H and O–H groups in total. The summed E-state index contributed by atoms with van der Waals surface area (Å²) in [5, 5.41) is 0. The van der Waals surface area contributed by atoms with Gasteiger partial charge in [-0.1, -0.05) is 121 Å². The summed E-state index contributed by atoms with van der Waals surface area (Å²) in [6.07, 6.45) is 17.3. The smallest absolute Gasteiger partial charge is 0.445 e. The van der Waals surface area contributed by atoms with E-state index in [2.05, 4.69) is 6.92 Å². The molecule has 1 unspecified atom stereocenters. The zero-order valence-corrected chi connectivity index (χ0v) is 26.8. The Morgan fingerprint density at radius 2 is 1.27 bits per heavy atom. The zero-order chi connectivity index (χ0) is 29.5. The Balaban J connectivity index is 2.32. The first-order valence-corrected chi connectivity index (χ1v) is 17.0. The van der Waals surface area contributed by atoms with E-state index in [1.54, 1.807) is 4.90 Å². The third-order valence-corrected chi connectivity index (χ3v) is 7.89. The first-order valence-electron chi connectivity index (χ1n) is 15.5. The summed E-state index contributed by atoms with van der Waals surface area (Å²) in [6.45, 7) is 3.71. The van der Waals surface area contributed by atoms with Gasteiger partial charge in [-0.15, -0.1) is 0 Å². The lowest BCUT2D eigenvalue weighted by molar-refractivity contribution is -0.870. The number of rotatable bonds is 25. The number of hydrogen-bond donors (Lipinski definition) is 1. The molecule has 8 nitrogen and oxygen atoms in total. The second-order valence-electron chi connectivity index (χ2n) is 11.8. The van der Waals surface area contributed by atoms with Crippen LogP contribution in [0.3, 0.4) is 0 Å². The van der Waals surface area contributed by atoms with Gasteiger partial charge in [0.2, 0.25) is 0 Å². The lowest BCUT2D eigenvalue weighted by atomic mass is 10.0. The Hall–Kier alpha value is -1.44. The number of amides is 1. The predicted molar refractivity (Wildman–Crippen MR) is 163 cm³/mol. The lowest BCUT2D eigenvalue weighted by Crippen LogP contribution is -2.37. The molecule has 0 saturated heterocycles. The molecule has 0 aliphatic carbocycles. The second kappa shape index (κ2) is 22.2. The standard InChI is InChI=1S/C31H57N2O6P/c1-5-6-7-8-9-10-11-12-13-14-15-16-17-21-24-32(31(34)37-29-30-22-19-18-20-23-30)25-27-38-40(35,36)39-28-26-33(2,3)4/h18-20,22-23H,5-17,21,24-29H2,1-4H3/p+1. The van der Waals surface area contributed by atoms with Crippen LogP contribution in [0.25, 0.3) is 0 Å². The number of unbranched alkanes of at least 4 members (excludes halogenated alkanes) is 13. The zero-order valence-electron chi connectivity index (χ0n) is 25.9. The SMILES string of the molecule is CCCCCCCCCCCCCCCCN(CCOP(=O)(O)OCC[N+](C)(C)C)C(=O)OCc1ccccc1. The highest BCUT2D eigenvalue weighted by atomic mass is 31.2. The van der Waals surface area contributed by atoms with Crippen molar-refractivity contribution in [2.24, 2.45) is 0 Å². The van der Waals surface area contributed by atoms with Gasteiger partial charge < -0.3 is 19.0 Å². The molecule has 0 aliphatic rings. The molecule has 0 bridgehead atoms. The fourth-order valence-electron chi connectivity index (χ4n) is 4.34. The van der Waals surface area contributed by atoms with E-state index in [1.165, 1.54) is 70.6 Å². The summed E-state index contributed by atoms with van der Waals surface area (Å²) in [4.78, 5) is 24.4. The molecule has 232 valence electrons. The quantitative estimate of drug-likeness (QED) is 0.0712. The largest absolute Gasteiger partial charge is 0.472 e. The highest BCUT2D eigenvalue weighted by molar-refractivity contribution is 7.47. The molecule has 0 heterocycles. The number of phosphoric ester groups is 1. The van der Waals surface area contributed by atoms with E-state index in [1.807, 2.05) is 51.5 Å². The fourth-order valence-corrected chi connectivity index (χ4v) is 5.04. The van der Waals surface area contributed by atoms with Crippen LogP contribution < -0.4 is 0 Å². The minimum absolute atomic E-state index is 0.100. The first-order chi connectivity index (χ1) is 19.1. The molecule has 1 amide bonds. The highest BCUT2D eigenvalue weighted by Crippen LogP contribution is 2.42. The minimum Gasteiger partial charge on any atom is -0.445 e. The summed E-state index contributed by atoms with van der Waals surface area (Å²) < 4.78 is 28.6. The Labute approximate surface area is 244 Å². The van der Waals surface area contributed by atoms with Gasteiger partial charge in [0.1, 0.15) is 19.8 Å². The van der Waals surface area contributed by atoms with Crippen molar-refractivity contribution in [3.8, 4) is 0 Å². The minimum atomic E-state index is -4.18. The van der Waals surface area contributed by atoms with Crippen LogP contribution in [-0.4, -0.2) is 74.4 Å². The lowest BCUT2D eigenvalue weighted by Gasteiger charge is -2.24. The maximum atomic E-state index is 12.8. The van der Waals surface area contributed by atoms with Gasteiger partial charge in [-0.25, -0.2) is 9.36 Å². The number of phosphoric acid groups is 1. The predicted octanol–water partition coefficient (Wildman–Crippen LogP) is 7.95. The summed E-state index contributed by atoms with van der Waals surface area (Å²) in [5.41, 5.74) is 0.911. The number of hydrogen-bond acceptors (Lipinski definition) is 5. The van der Waals surface area contributed by atoms with E-state index in [-0.39, 0.29) is 26.4 Å². The Morgan fingerprint density at radius 3 is 1.80 bits per heavy atom. The van der Waals surface area contributed by atoms with Crippen molar-refractivity contribution in [3.05, 3.63) is 35.9 Å². The van der Waals surface area contributed by atoms with E-state index < -0.39 is 13.9 Å². The van der Waals surface area contributed by atoms with Crippen LogP contribution in [0.4, 0.5) is 4.79 Å². The number of quaternary nitrogens is 1. The molecule has 0 aliphatic heterocycles. The van der Waals surface area contributed by atoms with Crippen molar-refractivity contribution >= 4 is 13.9 Å². The number of carbonyl (C=O) groups is 1. The summed E-state index contributed by atoms with van der Waals surface area (Å²) in [7, 11) is 1.75. The number of carbonyl (C=O) groups excluding carboxylic acids is 1. The fraction of sp³-hybridized carbons (Fsp3) is 0.774. The third-order valence-electron chi connectivity index (χ3n) is 6.88. The van der Waals surface area contributed by atoms with E-state index in [4.69, 9.17) is 13.8 Å². The van der Waals surface area contributed by atoms with Gasteiger partial charge in [-0.3, -0.25) is 9.05 Å². The van der Waals surface area contributed by atoms with Crippen molar-refractivity contribution in [2.75, 3.05) is 54.0 Å². The molecule has 0 radical (unpaired) electrons. The van der Waals surface area contributed by atoms with E-state index in [0.717, 1.165) is 24.8 Å². The van der Waals surface area contributed by atoms with Crippen molar-refractivity contribution in [1.82, 2.24) is 4.90 Å². The van der Waals surface area contributed by atoms with Crippen molar-refractivity contribution in [2.45, 2.75) is 103 Å². The molecule has 40 heavy (non-hydrogen) atoms. The molecular weight excluding hydrogens is 527 g/mol. The first kappa shape index (κ1) is 36.6. The number of benzene rings is 1. The van der Waals surface area contributed by atoms with E-state index >= 15 is 0 Å². The number of likely N-dealkylation sites (N-methyl/N-ethyl adjacent to an activating group) is 1. The normalized spacial score (nSPS) is 13.2. The monoisotopic (exact) mass is 585 g/mol. The van der Waals surface area contributed by atoms with Gasteiger partial charge >= 0.3 is 13.9 Å². The molecule has 0 fully saturated rings. The van der Waals surface area contributed by atoms with Crippen LogP contribution in [0.5, 0.6) is 0 Å². The number of ether oxygens (including phenoxy) is 1. The molecule has 1 rings (SSSR count). The van der Waals surface area contributed by atoms with Gasteiger partial charge in [0, 0.05) is 13.1 Å². The van der Waals surface area contributed by atoms with Crippen molar-refractivity contribution in [3.63, 3.8) is 0 Å². The molecular formula is C31H58N2O6P+. The van der Waals surface area contributed by atoms with Crippen LogP contribution in [0.1, 0.15) is 102 Å². The maximum Gasteiger partial charge on any atom is 0.472 e. The summed E-state index contributed by atoms with van der Waals surface area (Å²) in [6, 6.07) is 9.54. The van der Waals surface area contributed by atoms with Crippen LogP contribution in [0, 0.1) is 0 Å². The van der Waals surface area contributed by atoms with Crippen LogP contribution in [0.2, 0.25) is 0 Å². The van der Waals surface area contributed by atoms with Crippen LogP contribution in [0.15, 0.2) is 30.3 Å². The van der Waals surface area contributed by atoms with Gasteiger partial charge in [0.25, 0.3) is 0 Å². The molecule has 0 aromatic heterocycles. The average Bonchev–Trinajstić information content (AvgIpc) is 2.90. The van der Waals surface area contributed by atoms with Crippen LogP contribution in [-0.2, 0) is 25.0 Å². The Kier molecular flexibility index (Phi) is 20.3.